The van der Waals surface area contributed by atoms with Gasteiger partial charge in [0.2, 0.25) is 5.78 Å². The van der Waals surface area contributed by atoms with Crippen molar-refractivity contribution in [3.63, 3.8) is 0 Å². The van der Waals surface area contributed by atoms with Crippen LogP contribution in [0.1, 0.15) is 16.1 Å². The molecule has 2 heterocycles. The normalized spacial score (nSPS) is 11.0. The minimum absolute atomic E-state index is 0.0841. The summed E-state index contributed by atoms with van der Waals surface area (Å²) in [6.45, 7) is 0. The zero-order valence-corrected chi connectivity index (χ0v) is 12.2. The van der Waals surface area contributed by atoms with E-state index in [-0.39, 0.29) is 5.56 Å². The number of halogens is 3. The van der Waals surface area contributed by atoms with Crippen molar-refractivity contribution in [1.82, 2.24) is 4.40 Å². The van der Waals surface area contributed by atoms with Gasteiger partial charge in [-0.1, -0.05) is 0 Å². The maximum Gasteiger partial charge on any atom is 0.209 e. The van der Waals surface area contributed by atoms with Crippen LogP contribution in [0.2, 0.25) is 0 Å². The quantitative estimate of drug-likeness (QED) is 0.564. The molecule has 0 saturated heterocycles. The van der Waals surface area contributed by atoms with Gasteiger partial charge in [0.25, 0.3) is 0 Å². The van der Waals surface area contributed by atoms with Crippen LogP contribution in [-0.2, 0) is 0 Å². The Labute approximate surface area is 127 Å². The molecule has 0 aliphatic rings. The van der Waals surface area contributed by atoms with Gasteiger partial charge in [-0.2, -0.15) is 0 Å². The zero-order chi connectivity index (χ0) is 15.1. The van der Waals surface area contributed by atoms with Gasteiger partial charge in [0, 0.05) is 16.2 Å². The van der Waals surface area contributed by atoms with Crippen LogP contribution < -0.4 is 5.73 Å². The molecule has 3 nitrogen and oxygen atoms in total. The van der Waals surface area contributed by atoms with Crippen LogP contribution in [-0.4, -0.2) is 10.2 Å². The van der Waals surface area contributed by atoms with E-state index in [1.54, 1.807) is 28.8 Å². The third-order valence-electron chi connectivity index (χ3n) is 3.21. The number of carbonyl (C=O) groups excluding carboxylic acids is 1. The first-order valence-electron chi connectivity index (χ1n) is 6.04. The van der Waals surface area contributed by atoms with E-state index in [1.165, 1.54) is 0 Å². The van der Waals surface area contributed by atoms with E-state index in [9.17, 15) is 13.6 Å². The van der Waals surface area contributed by atoms with Crippen molar-refractivity contribution in [2.45, 2.75) is 0 Å². The number of rotatable bonds is 2. The van der Waals surface area contributed by atoms with Crippen LogP contribution >= 0.6 is 15.9 Å². The maximum atomic E-state index is 13.5. The fraction of sp³-hybridized carbons (Fsp3) is 0. The maximum absolute atomic E-state index is 13.5. The Morgan fingerprint density at radius 1 is 1.14 bits per heavy atom. The SMILES string of the molecule is Nc1c(F)cc(C(=O)c2ccc3c(Br)cccn23)cc1F. The van der Waals surface area contributed by atoms with E-state index in [4.69, 9.17) is 5.73 Å². The molecule has 2 aromatic heterocycles. The van der Waals surface area contributed by atoms with Crippen molar-refractivity contribution in [3.05, 3.63) is 70.0 Å². The molecule has 2 N–H and O–H groups in total. The number of hydrogen-bond donors (Lipinski definition) is 1. The number of fused-ring (bicyclic) bond motifs is 1. The molecule has 1 aromatic carbocycles. The molecule has 3 aromatic rings. The summed E-state index contributed by atoms with van der Waals surface area (Å²) < 4.78 is 29.4. The number of hydrogen-bond acceptors (Lipinski definition) is 2. The average Bonchev–Trinajstić information content (AvgIpc) is 2.89. The summed E-state index contributed by atoms with van der Waals surface area (Å²) in [6.07, 6.45) is 1.71. The molecule has 21 heavy (non-hydrogen) atoms. The van der Waals surface area contributed by atoms with E-state index in [1.807, 2.05) is 6.07 Å². The summed E-state index contributed by atoms with van der Waals surface area (Å²) in [7, 11) is 0. The number of nitrogens with zero attached hydrogens (tertiary/aromatic N) is 1. The lowest BCUT2D eigenvalue weighted by Gasteiger charge is -2.05. The summed E-state index contributed by atoms with van der Waals surface area (Å²) in [5.74, 6) is -2.37. The monoisotopic (exact) mass is 350 g/mol. The van der Waals surface area contributed by atoms with Crippen molar-refractivity contribution >= 4 is 32.9 Å². The number of nitrogens with two attached hydrogens (primary N) is 1. The smallest absolute Gasteiger partial charge is 0.209 e. The Morgan fingerprint density at radius 2 is 1.81 bits per heavy atom. The number of nitrogen functional groups attached to an aromatic ring is 1. The van der Waals surface area contributed by atoms with Crippen LogP contribution in [0.4, 0.5) is 14.5 Å². The van der Waals surface area contributed by atoms with Gasteiger partial charge in [0.1, 0.15) is 17.3 Å². The van der Waals surface area contributed by atoms with Crippen LogP contribution in [0, 0.1) is 11.6 Å². The zero-order valence-electron chi connectivity index (χ0n) is 10.6. The van der Waals surface area contributed by atoms with E-state index in [0.717, 1.165) is 22.1 Å². The number of pyridine rings is 1. The van der Waals surface area contributed by atoms with Crippen molar-refractivity contribution < 1.29 is 13.6 Å². The number of benzene rings is 1. The highest BCUT2D eigenvalue weighted by Gasteiger charge is 2.17. The van der Waals surface area contributed by atoms with Crippen molar-refractivity contribution in [2.75, 3.05) is 5.73 Å². The first-order chi connectivity index (χ1) is 9.99. The van der Waals surface area contributed by atoms with Gasteiger partial charge in [-0.05, 0) is 52.3 Å². The van der Waals surface area contributed by atoms with E-state index < -0.39 is 23.1 Å². The molecule has 0 radical (unpaired) electrons. The first-order valence-corrected chi connectivity index (χ1v) is 6.83. The van der Waals surface area contributed by atoms with Crippen molar-refractivity contribution in [2.24, 2.45) is 0 Å². The standard InChI is InChI=1S/C15H9BrF2N2O/c16-9-2-1-5-20-12(9)3-4-13(20)15(21)8-6-10(17)14(19)11(18)7-8/h1-7H,19H2. The molecule has 0 fully saturated rings. The number of ketones is 1. The molecule has 0 bridgehead atoms. The Bertz CT molecular complexity index is 850. The molecule has 6 heteroatoms. The van der Waals surface area contributed by atoms with Gasteiger partial charge in [-0.3, -0.25) is 4.79 Å². The number of anilines is 1. The number of aromatic nitrogens is 1. The van der Waals surface area contributed by atoms with Gasteiger partial charge >= 0.3 is 0 Å². The fourth-order valence-electron chi connectivity index (χ4n) is 2.15. The first kappa shape index (κ1) is 13.8. The highest BCUT2D eigenvalue weighted by molar-refractivity contribution is 9.10. The topological polar surface area (TPSA) is 47.5 Å². The third-order valence-corrected chi connectivity index (χ3v) is 3.88. The van der Waals surface area contributed by atoms with Gasteiger partial charge in [-0.15, -0.1) is 0 Å². The Kier molecular flexibility index (Phi) is 3.25. The Hall–Kier alpha value is -2.21. The predicted molar refractivity (Wildman–Crippen MR) is 79.3 cm³/mol. The minimum atomic E-state index is -0.944. The molecule has 0 atom stereocenters. The van der Waals surface area contributed by atoms with Crippen LogP contribution in [0.5, 0.6) is 0 Å². The molecule has 0 aliphatic carbocycles. The minimum Gasteiger partial charge on any atom is -0.394 e. The highest BCUT2D eigenvalue weighted by Crippen LogP contribution is 2.24. The van der Waals surface area contributed by atoms with Gasteiger partial charge in [0.05, 0.1) is 11.2 Å². The second-order valence-corrected chi connectivity index (χ2v) is 5.37. The molecular weight excluding hydrogens is 342 g/mol. The van der Waals surface area contributed by atoms with Gasteiger partial charge in [-0.25, -0.2) is 8.78 Å². The third kappa shape index (κ3) is 2.21. The van der Waals surface area contributed by atoms with E-state index >= 15 is 0 Å². The van der Waals surface area contributed by atoms with E-state index in [0.29, 0.717) is 5.69 Å². The summed E-state index contributed by atoms with van der Waals surface area (Å²) in [6, 6.07) is 8.84. The Morgan fingerprint density at radius 3 is 2.48 bits per heavy atom. The van der Waals surface area contributed by atoms with Crippen LogP contribution in [0.15, 0.2) is 47.1 Å². The molecule has 106 valence electrons. The van der Waals surface area contributed by atoms with E-state index in [2.05, 4.69) is 15.9 Å². The fourth-order valence-corrected chi connectivity index (χ4v) is 2.63. The lowest BCUT2D eigenvalue weighted by atomic mass is 10.1. The van der Waals surface area contributed by atoms with Crippen molar-refractivity contribution in [1.29, 1.82) is 0 Å². The molecule has 0 aliphatic heterocycles. The summed E-state index contributed by atoms with van der Waals surface area (Å²) >= 11 is 3.38. The predicted octanol–water partition coefficient (Wildman–Crippen LogP) is 3.79. The summed E-state index contributed by atoms with van der Waals surface area (Å²) in [5.41, 5.74) is 5.64. The summed E-state index contributed by atoms with van der Waals surface area (Å²) in [5, 5.41) is 0. The van der Waals surface area contributed by atoms with Crippen LogP contribution in [0.3, 0.4) is 0 Å². The van der Waals surface area contributed by atoms with Crippen molar-refractivity contribution in [3.8, 4) is 0 Å². The molecule has 0 amide bonds. The molecule has 0 spiro atoms. The lowest BCUT2D eigenvalue weighted by molar-refractivity contribution is 0.103. The molecule has 0 saturated carbocycles. The van der Waals surface area contributed by atoms with Gasteiger partial charge < -0.3 is 10.1 Å². The molecule has 3 rings (SSSR count). The number of carbonyl (C=O) groups is 1. The average molecular weight is 351 g/mol. The second-order valence-electron chi connectivity index (χ2n) is 4.51. The Balaban J connectivity index is 2.15. The highest BCUT2D eigenvalue weighted by atomic mass is 79.9. The molecular formula is C15H9BrF2N2O. The van der Waals surface area contributed by atoms with Crippen LogP contribution in [0.25, 0.3) is 5.52 Å². The van der Waals surface area contributed by atoms with Gasteiger partial charge in [0.15, 0.2) is 0 Å². The summed E-state index contributed by atoms with van der Waals surface area (Å²) in [4.78, 5) is 12.4. The second kappa shape index (κ2) is 4.96. The largest absolute Gasteiger partial charge is 0.394 e. The molecule has 0 unspecified atom stereocenters. The lowest BCUT2D eigenvalue weighted by Crippen LogP contribution is -2.07.